The molecule has 0 unspecified atom stereocenters. The van der Waals surface area contributed by atoms with Crippen molar-refractivity contribution in [3.05, 3.63) is 59.2 Å². The van der Waals surface area contributed by atoms with E-state index in [1.54, 1.807) is 36.4 Å². The molecule has 8 nitrogen and oxygen atoms in total. The summed E-state index contributed by atoms with van der Waals surface area (Å²) in [5.74, 6) is -0.835. The number of carbonyl (C=O) groups excluding carboxylic acids is 2. The maximum atomic E-state index is 13.1. The van der Waals surface area contributed by atoms with Gasteiger partial charge in [-0.25, -0.2) is 0 Å². The first kappa shape index (κ1) is 26.1. The summed E-state index contributed by atoms with van der Waals surface area (Å²) in [5, 5.41) is 21.3. The average molecular weight is 483 g/mol. The third kappa shape index (κ3) is 5.95. The molecule has 2 aromatic carbocycles. The number of unbranched alkanes of at least 4 members (excludes halogenated alkanes) is 1. The summed E-state index contributed by atoms with van der Waals surface area (Å²) in [6.07, 6.45) is 2.61. The standard InChI is InChI=1S/C27H34N2O6/c1-5-6-16-35-20-11-8-18(9-12-20)25(31)23-24(19-10-13-21(30)22(17-19)34-4)29(27(33)26(23)32)15-7-14-28(2)3/h8-13,17,24,30-31H,5-7,14-16H2,1-4H3/t24-/m0/s1. The van der Waals surface area contributed by atoms with Gasteiger partial charge in [0.05, 0.1) is 25.3 Å². The Kier molecular flexibility index (Phi) is 8.76. The second-order valence-electron chi connectivity index (χ2n) is 8.81. The first-order chi connectivity index (χ1) is 16.8. The monoisotopic (exact) mass is 482 g/mol. The number of ether oxygens (including phenoxy) is 2. The normalized spacial score (nSPS) is 17.3. The molecule has 1 heterocycles. The molecule has 3 rings (SSSR count). The summed E-state index contributed by atoms with van der Waals surface area (Å²) < 4.78 is 10.9. The van der Waals surface area contributed by atoms with Gasteiger partial charge in [-0.2, -0.15) is 0 Å². The van der Waals surface area contributed by atoms with Crippen LogP contribution < -0.4 is 9.47 Å². The van der Waals surface area contributed by atoms with Crippen LogP contribution in [0.1, 0.15) is 43.4 Å². The number of hydrogen-bond acceptors (Lipinski definition) is 7. The summed E-state index contributed by atoms with van der Waals surface area (Å²) in [5.41, 5.74) is 0.979. The molecule has 1 saturated heterocycles. The number of aliphatic hydroxyl groups is 1. The van der Waals surface area contributed by atoms with Crippen molar-refractivity contribution in [1.29, 1.82) is 0 Å². The van der Waals surface area contributed by atoms with Gasteiger partial charge in [0, 0.05) is 12.1 Å². The highest BCUT2D eigenvalue weighted by molar-refractivity contribution is 6.46. The fraction of sp³-hybridized carbons (Fsp3) is 0.407. The van der Waals surface area contributed by atoms with E-state index in [9.17, 15) is 19.8 Å². The molecule has 0 spiro atoms. The van der Waals surface area contributed by atoms with Crippen LogP contribution in [0.3, 0.4) is 0 Å². The summed E-state index contributed by atoms with van der Waals surface area (Å²) >= 11 is 0. The molecule has 0 aromatic heterocycles. The molecular formula is C27H34N2O6. The van der Waals surface area contributed by atoms with Crippen molar-refractivity contribution in [3.63, 3.8) is 0 Å². The van der Waals surface area contributed by atoms with Crippen molar-refractivity contribution in [2.24, 2.45) is 0 Å². The van der Waals surface area contributed by atoms with Gasteiger partial charge in [0.2, 0.25) is 0 Å². The van der Waals surface area contributed by atoms with E-state index >= 15 is 0 Å². The second kappa shape index (κ2) is 11.8. The third-order valence-electron chi connectivity index (χ3n) is 5.96. The number of aromatic hydroxyl groups is 1. The molecule has 188 valence electrons. The molecule has 2 N–H and O–H groups in total. The largest absolute Gasteiger partial charge is 0.507 e. The van der Waals surface area contributed by atoms with E-state index in [-0.39, 0.29) is 22.8 Å². The van der Waals surface area contributed by atoms with Crippen LogP contribution in [-0.4, -0.2) is 72.6 Å². The minimum Gasteiger partial charge on any atom is -0.507 e. The van der Waals surface area contributed by atoms with E-state index in [1.165, 1.54) is 18.1 Å². The number of phenols is 1. The Hall–Kier alpha value is -3.52. The van der Waals surface area contributed by atoms with Gasteiger partial charge in [0.15, 0.2) is 11.5 Å². The zero-order valence-corrected chi connectivity index (χ0v) is 20.8. The molecular weight excluding hydrogens is 448 g/mol. The summed E-state index contributed by atoms with van der Waals surface area (Å²) in [6.45, 7) is 3.74. The number of phenolic OH excluding ortho intramolecular Hbond substituents is 1. The number of benzene rings is 2. The number of likely N-dealkylation sites (tertiary alicyclic amines) is 1. The molecule has 35 heavy (non-hydrogen) atoms. The lowest BCUT2D eigenvalue weighted by atomic mass is 9.95. The van der Waals surface area contributed by atoms with Gasteiger partial charge in [-0.15, -0.1) is 0 Å². The highest BCUT2D eigenvalue weighted by Gasteiger charge is 2.46. The van der Waals surface area contributed by atoms with Crippen molar-refractivity contribution in [2.45, 2.75) is 32.2 Å². The number of methoxy groups -OCH3 is 1. The van der Waals surface area contributed by atoms with Gasteiger partial charge in [-0.3, -0.25) is 9.59 Å². The van der Waals surface area contributed by atoms with Crippen molar-refractivity contribution < 1.29 is 29.3 Å². The third-order valence-corrected chi connectivity index (χ3v) is 5.96. The van der Waals surface area contributed by atoms with E-state index in [4.69, 9.17) is 9.47 Å². The predicted octanol–water partition coefficient (Wildman–Crippen LogP) is 3.95. The minimum absolute atomic E-state index is 0.00671. The summed E-state index contributed by atoms with van der Waals surface area (Å²) in [6, 6.07) is 10.7. The number of rotatable bonds is 11. The van der Waals surface area contributed by atoms with Crippen molar-refractivity contribution in [3.8, 4) is 17.2 Å². The lowest BCUT2D eigenvalue weighted by Gasteiger charge is -2.26. The fourth-order valence-electron chi connectivity index (χ4n) is 4.08. The van der Waals surface area contributed by atoms with Gasteiger partial charge in [0.1, 0.15) is 11.5 Å². The lowest BCUT2D eigenvalue weighted by Crippen LogP contribution is -2.32. The molecule has 0 bridgehead atoms. The molecule has 0 aliphatic carbocycles. The van der Waals surface area contributed by atoms with Crippen molar-refractivity contribution >= 4 is 17.4 Å². The Bertz CT molecular complexity index is 1080. The Labute approximate surface area is 206 Å². The summed E-state index contributed by atoms with van der Waals surface area (Å²) in [4.78, 5) is 29.7. The fourth-order valence-corrected chi connectivity index (χ4v) is 4.08. The lowest BCUT2D eigenvalue weighted by molar-refractivity contribution is -0.139. The zero-order valence-electron chi connectivity index (χ0n) is 20.8. The number of carbonyl (C=O) groups is 2. The first-order valence-electron chi connectivity index (χ1n) is 11.8. The summed E-state index contributed by atoms with van der Waals surface area (Å²) in [7, 11) is 5.30. The SMILES string of the molecule is CCCCOc1ccc(C(O)=C2C(=O)C(=O)N(CCCN(C)C)[C@H]2c2ccc(O)c(OC)c2)cc1. The molecule has 1 aliphatic heterocycles. The molecule has 8 heteroatoms. The van der Waals surface area contributed by atoms with Gasteiger partial charge in [-0.1, -0.05) is 19.4 Å². The highest BCUT2D eigenvalue weighted by atomic mass is 16.5. The van der Waals surface area contributed by atoms with Crippen molar-refractivity contribution in [2.75, 3.05) is 40.9 Å². The number of hydrogen-bond donors (Lipinski definition) is 2. The number of amides is 1. The minimum atomic E-state index is -0.813. The Balaban J connectivity index is 2.03. The number of aliphatic hydroxyl groups excluding tert-OH is 1. The quantitative estimate of drug-likeness (QED) is 0.216. The smallest absolute Gasteiger partial charge is 0.295 e. The zero-order chi connectivity index (χ0) is 25.5. The Morgan fingerprint density at radius 3 is 2.43 bits per heavy atom. The highest BCUT2D eigenvalue weighted by Crippen LogP contribution is 2.41. The van der Waals surface area contributed by atoms with Crippen LogP contribution in [0.15, 0.2) is 48.0 Å². The van der Waals surface area contributed by atoms with Gasteiger partial charge in [0.25, 0.3) is 11.7 Å². The second-order valence-corrected chi connectivity index (χ2v) is 8.81. The number of nitrogens with zero attached hydrogens (tertiary/aromatic N) is 2. The maximum Gasteiger partial charge on any atom is 0.295 e. The first-order valence-corrected chi connectivity index (χ1v) is 11.8. The van der Waals surface area contributed by atoms with Crippen LogP contribution >= 0.6 is 0 Å². The van der Waals surface area contributed by atoms with Gasteiger partial charge in [-0.05, 0) is 75.4 Å². The van der Waals surface area contributed by atoms with Gasteiger partial charge >= 0.3 is 0 Å². The average Bonchev–Trinajstić information content (AvgIpc) is 3.09. The molecule has 1 atom stereocenters. The van der Waals surface area contributed by atoms with Crippen LogP contribution in [0.25, 0.3) is 5.76 Å². The van der Waals surface area contributed by atoms with Crippen LogP contribution in [0.5, 0.6) is 17.2 Å². The van der Waals surface area contributed by atoms with Gasteiger partial charge < -0.3 is 29.5 Å². The Morgan fingerprint density at radius 2 is 1.80 bits per heavy atom. The van der Waals surface area contributed by atoms with E-state index in [2.05, 4.69) is 6.92 Å². The van der Waals surface area contributed by atoms with Crippen molar-refractivity contribution in [1.82, 2.24) is 9.80 Å². The van der Waals surface area contributed by atoms with Crippen LogP contribution in [-0.2, 0) is 9.59 Å². The molecule has 1 aliphatic rings. The van der Waals surface area contributed by atoms with E-state index in [0.717, 1.165) is 19.4 Å². The maximum absolute atomic E-state index is 13.1. The Morgan fingerprint density at radius 1 is 1.09 bits per heavy atom. The van der Waals surface area contributed by atoms with E-state index < -0.39 is 17.7 Å². The van der Waals surface area contributed by atoms with Crippen LogP contribution in [0.4, 0.5) is 0 Å². The van der Waals surface area contributed by atoms with Crippen LogP contribution in [0, 0.1) is 0 Å². The molecule has 1 fully saturated rings. The molecule has 2 aromatic rings. The topological polar surface area (TPSA) is 99.5 Å². The number of Topliss-reactive ketones (excluding diaryl/α,β-unsaturated/α-hetero) is 1. The molecule has 1 amide bonds. The van der Waals surface area contributed by atoms with E-state index in [1.807, 2.05) is 19.0 Å². The predicted molar refractivity (Wildman–Crippen MR) is 134 cm³/mol. The van der Waals surface area contributed by atoms with E-state index in [0.29, 0.717) is 36.4 Å². The molecule has 0 radical (unpaired) electrons. The molecule has 0 saturated carbocycles. The number of ketones is 1. The van der Waals surface area contributed by atoms with Crippen LogP contribution in [0.2, 0.25) is 0 Å².